The van der Waals surface area contributed by atoms with Gasteiger partial charge in [0, 0.05) is 18.7 Å². The molecule has 0 aromatic rings. The number of imide groups is 1. The number of unbranched alkanes of at least 4 members (excludes halogenated alkanes) is 2. The van der Waals surface area contributed by atoms with Gasteiger partial charge in [0.1, 0.15) is 0 Å². The fourth-order valence-electron chi connectivity index (χ4n) is 3.73. The van der Waals surface area contributed by atoms with Crippen LogP contribution in [0.5, 0.6) is 0 Å². The normalized spacial score (nSPS) is 32.0. The molecule has 3 heteroatoms. The zero-order chi connectivity index (χ0) is 13.2. The first-order chi connectivity index (χ1) is 9.24. The van der Waals surface area contributed by atoms with Gasteiger partial charge in [-0.15, -0.1) is 0 Å². The number of allylic oxidation sites excluding steroid dienone is 2. The second-order valence-electron chi connectivity index (χ2n) is 6.05. The third-order valence-corrected chi connectivity index (χ3v) is 4.77. The van der Waals surface area contributed by atoms with Gasteiger partial charge in [0.25, 0.3) is 11.8 Å². The Labute approximate surface area is 114 Å². The van der Waals surface area contributed by atoms with E-state index in [0.29, 0.717) is 6.54 Å². The van der Waals surface area contributed by atoms with E-state index in [1.807, 2.05) is 0 Å². The smallest absolute Gasteiger partial charge is 0.253 e. The zero-order valence-electron chi connectivity index (χ0n) is 11.3. The topological polar surface area (TPSA) is 37.4 Å². The minimum Gasteiger partial charge on any atom is -0.275 e. The molecule has 0 spiro atoms. The SMILES string of the molecule is O=C1C=CC(=O)N1CCCCCC1CC2C=CC1C2. The lowest BCUT2D eigenvalue weighted by atomic mass is 9.89. The summed E-state index contributed by atoms with van der Waals surface area (Å²) in [6.45, 7) is 0.585. The predicted molar refractivity (Wildman–Crippen MR) is 73.2 cm³/mol. The molecular formula is C16H21NO2. The summed E-state index contributed by atoms with van der Waals surface area (Å²) >= 11 is 0. The lowest BCUT2D eigenvalue weighted by Crippen LogP contribution is -2.30. The molecular weight excluding hydrogens is 238 g/mol. The second kappa shape index (κ2) is 5.32. The Bertz CT molecular complexity index is 420. The lowest BCUT2D eigenvalue weighted by molar-refractivity contribution is -0.136. The van der Waals surface area contributed by atoms with E-state index in [1.54, 1.807) is 0 Å². The average molecular weight is 259 g/mol. The van der Waals surface area contributed by atoms with Crippen LogP contribution < -0.4 is 0 Å². The lowest BCUT2D eigenvalue weighted by Gasteiger charge is -2.18. The van der Waals surface area contributed by atoms with Crippen molar-refractivity contribution in [2.24, 2.45) is 17.8 Å². The van der Waals surface area contributed by atoms with Gasteiger partial charge in [0.05, 0.1) is 0 Å². The van der Waals surface area contributed by atoms with E-state index < -0.39 is 0 Å². The summed E-state index contributed by atoms with van der Waals surface area (Å²) in [5.74, 6) is 2.30. The Morgan fingerprint density at radius 2 is 1.79 bits per heavy atom. The number of hydrogen-bond acceptors (Lipinski definition) is 2. The maximum atomic E-state index is 11.4. The van der Waals surface area contributed by atoms with Crippen molar-refractivity contribution in [2.75, 3.05) is 6.54 Å². The maximum Gasteiger partial charge on any atom is 0.253 e. The molecule has 0 saturated heterocycles. The number of amides is 2. The third-order valence-electron chi connectivity index (χ3n) is 4.77. The van der Waals surface area contributed by atoms with Crippen LogP contribution >= 0.6 is 0 Å². The van der Waals surface area contributed by atoms with Gasteiger partial charge in [-0.3, -0.25) is 14.5 Å². The molecule has 2 aliphatic carbocycles. The van der Waals surface area contributed by atoms with Crippen molar-refractivity contribution in [3.8, 4) is 0 Å². The van der Waals surface area contributed by atoms with Crippen molar-refractivity contribution in [3.05, 3.63) is 24.3 Å². The van der Waals surface area contributed by atoms with Gasteiger partial charge in [0.2, 0.25) is 0 Å². The summed E-state index contributed by atoms with van der Waals surface area (Å²) in [6.07, 6.45) is 14.9. The number of carbonyl (C=O) groups is 2. The number of carbonyl (C=O) groups excluding carboxylic acids is 2. The Hall–Kier alpha value is -1.38. The van der Waals surface area contributed by atoms with Crippen molar-refractivity contribution in [1.29, 1.82) is 0 Å². The molecule has 3 atom stereocenters. The molecule has 0 aromatic carbocycles. The molecule has 1 saturated carbocycles. The van der Waals surface area contributed by atoms with Crippen LogP contribution in [0.3, 0.4) is 0 Å². The summed E-state index contributed by atoms with van der Waals surface area (Å²) in [6, 6.07) is 0. The van der Waals surface area contributed by atoms with Gasteiger partial charge in [-0.25, -0.2) is 0 Å². The van der Waals surface area contributed by atoms with Gasteiger partial charge < -0.3 is 0 Å². The number of hydrogen-bond donors (Lipinski definition) is 0. The Balaban J connectivity index is 1.31. The van der Waals surface area contributed by atoms with Crippen molar-refractivity contribution in [3.63, 3.8) is 0 Å². The summed E-state index contributed by atoms with van der Waals surface area (Å²) in [4.78, 5) is 24.1. The van der Waals surface area contributed by atoms with Crippen LogP contribution in [-0.4, -0.2) is 23.3 Å². The largest absolute Gasteiger partial charge is 0.275 e. The van der Waals surface area contributed by atoms with Crippen LogP contribution in [0.1, 0.15) is 38.5 Å². The van der Waals surface area contributed by atoms with Gasteiger partial charge >= 0.3 is 0 Å². The van der Waals surface area contributed by atoms with Crippen LogP contribution in [0.15, 0.2) is 24.3 Å². The van der Waals surface area contributed by atoms with Crippen molar-refractivity contribution >= 4 is 11.8 Å². The molecule has 0 aromatic heterocycles. The Kier molecular flexibility index (Phi) is 3.54. The zero-order valence-corrected chi connectivity index (χ0v) is 11.3. The van der Waals surface area contributed by atoms with Crippen molar-refractivity contribution in [1.82, 2.24) is 4.90 Å². The third kappa shape index (κ3) is 2.65. The molecule has 1 fully saturated rings. The Morgan fingerprint density at radius 1 is 1.00 bits per heavy atom. The van der Waals surface area contributed by atoms with Crippen LogP contribution in [0, 0.1) is 17.8 Å². The van der Waals surface area contributed by atoms with E-state index >= 15 is 0 Å². The highest BCUT2D eigenvalue weighted by atomic mass is 16.2. The van der Waals surface area contributed by atoms with E-state index in [0.717, 1.165) is 30.6 Å². The van der Waals surface area contributed by atoms with E-state index in [9.17, 15) is 9.59 Å². The van der Waals surface area contributed by atoms with Gasteiger partial charge in [-0.05, 0) is 43.4 Å². The first kappa shape index (κ1) is 12.6. The standard InChI is InChI=1S/C16H21NO2/c18-15-7-8-16(19)17(15)9-3-1-2-4-13-10-12-5-6-14(13)11-12/h5-8,12-14H,1-4,9-11H2. The number of nitrogens with zero attached hydrogens (tertiary/aromatic N) is 1. The molecule has 19 heavy (non-hydrogen) atoms. The molecule has 1 aliphatic heterocycles. The van der Waals surface area contributed by atoms with Crippen molar-refractivity contribution in [2.45, 2.75) is 38.5 Å². The number of fused-ring (bicyclic) bond motifs is 2. The molecule has 3 unspecified atom stereocenters. The summed E-state index contributed by atoms with van der Waals surface area (Å²) in [5.41, 5.74) is 0. The van der Waals surface area contributed by atoms with E-state index in [-0.39, 0.29) is 11.8 Å². The molecule has 3 nitrogen and oxygen atoms in total. The van der Waals surface area contributed by atoms with E-state index in [2.05, 4.69) is 12.2 Å². The van der Waals surface area contributed by atoms with Gasteiger partial charge in [0.15, 0.2) is 0 Å². The van der Waals surface area contributed by atoms with Crippen molar-refractivity contribution < 1.29 is 9.59 Å². The van der Waals surface area contributed by atoms with E-state index in [4.69, 9.17) is 0 Å². The van der Waals surface area contributed by atoms with E-state index in [1.165, 1.54) is 42.7 Å². The molecule has 0 N–H and O–H groups in total. The van der Waals surface area contributed by atoms with Crippen LogP contribution in [0.2, 0.25) is 0 Å². The fourth-order valence-corrected chi connectivity index (χ4v) is 3.73. The maximum absolute atomic E-state index is 11.4. The van der Waals surface area contributed by atoms with Gasteiger partial charge in [-0.1, -0.05) is 25.0 Å². The summed E-state index contributed by atoms with van der Waals surface area (Å²) in [5, 5.41) is 0. The monoisotopic (exact) mass is 259 g/mol. The second-order valence-corrected chi connectivity index (χ2v) is 6.05. The quantitative estimate of drug-likeness (QED) is 0.418. The predicted octanol–water partition coefficient (Wildman–Crippen LogP) is 2.68. The minimum atomic E-state index is -0.150. The molecule has 0 radical (unpaired) electrons. The highest BCUT2D eigenvalue weighted by Gasteiger charge is 2.34. The molecule has 1 heterocycles. The average Bonchev–Trinajstić information content (AvgIpc) is 3.08. The van der Waals surface area contributed by atoms with Crippen LogP contribution in [-0.2, 0) is 9.59 Å². The molecule has 102 valence electrons. The molecule has 2 bridgehead atoms. The summed E-state index contributed by atoms with van der Waals surface area (Å²) in [7, 11) is 0. The van der Waals surface area contributed by atoms with Crippen LogP contribution in [0.4, 0.5) is 0 Å². The summed E-state index contributed by atoms with van der Waals surface area (Å²) < 4.78 is 0. The molecule has 3 aliphatic rings. The minimum absolute atomic E-state index is 0.150. The van der Waals surface area contributed by atoms with Crippen LogP contribution in [0.25, 0.3) is 0 Å². The number of rotatable bonds is 6. The molecule has 3 rings (SSSR count). The molecule has 2 amide bonds. The highest BCUT2D eigenvalue weighted by Crippen LogP contribution is 2.45. The van der Waals surface area contributed by atoms with Gasteiger partial charge in [-0.2, -0.15) is 0 Å². The first-order valence-corrected chi connectivity index (χ1v) is 7.46. The fraction of sp³-hybridized carbons (Fsp3) is 0.625. The highest BCUT2D eigenvalue weighted by molar-refractivity contribution is 6.12. The first-order valence-electron chi connectivity index (χ1n) is 7.46. The Morgan fingerprint density at radius 3 is 2.42 bits per heavy atom.